The molecule has 4 rings (SSSR count). The van der Waals surface area contributed by atoms with Crippen molar-refractivity contribution in [3.8, 4) is 0 Å². The molecule has 2 aromatic rings. The predicted octanol–water partition coefficient (Wildman–Crippen LogP) is 7.62. The molecule has 1 fully saturated rings. The molecule has 0 bridgehead atoms. The number of amides is 1. The van der Waals surface area contributed by atoms with Gasteiger partial charge in [0, 0.05) is 70.6 Å². The van der Waals surface area contributed by atoms with E-state index in [4.69, 9.17) is 0 Å². The fraction of sp³-hybridized carbons (Fsp3) is 0.387. The Hall–Kier alpha value is -3.08. The second-order valence-corrected chi connectivity index (χ2v) is 15.3. The lowest BCUT2D eigenvalue weighted by atomic mass is 9.95. The molecule has 2 aromatic carbocycles. The smallest absolute Gasteiger partial charge is 0.293 e. The highest BCUT2D eigenvalue weighted by molar-refractivity contribution is 8.52. The number of fused-ring (bicyclic) bond motifs is 1. The molecule has 234 valence electrons. The standard InChI is InChI=1S/C31H34F6N2O2S2/c1-4-31(32,33)42-17-15-38-30(41)27-13-10-23-14-16-39(20-28(23)21(27)3)19-22-6-7-25(18-22)29(40)24-8-11-26(12-9-24)43(34,35,36,37)5-2/h5,8-13,16,20,22,25H,2,4,6-7,15,17-19H2,1,3H3,(H,38,41). The van der Waals surface area contributed by atoms with Gasteiger partial charge in [-0.15, -0.1) is 15.5 Å². The van der Waals surface area contributed by atoms with Gasteiger partial charge in [-0.1, -0.05) is 43.1 Å². The number of nitrogens with zero attached hydrogens (tertiary/aromatic N) is 1. The summed E-state index contributed by atoms with van der Waals surface area (Å²) >= 11 is 0.508. The van der Waals surface area contributed by atoms with Crippen molar-refractivity contribution in [3.05, 3.63) is 81.7 Å². The highest BCUT2D eigenvalue weighted by Crippen LogP contribution is 3.01. The summed E-state index contributed by atoms with van der Waals surface area (Å²) in [4.78, 5) is 26.3. The predicted molar refractivity (Wildman–Crippen MR) is 162 cm³/mol. The summed E-state index contributed by atoms with van der Waals surface area (Å²) in [6, 6.07) is 6.71. The number of ketones is 1. The number of hydrogen-bond donors (Lipinski definition) is 1. The van der Waals surface area contributed by atoms with Crippen molar-refractivity contribution in [2.45, 2.75) is 49.7 Å². The van der Waals surface area contributed by atoms with Crippen LogP contribution in [0.15, 0.2) is 59.5 Å². The third kappa shape index (κ3) is 7.53. The van der Waals surface area contributed by atoms with Crippen LogP contribution in [-0.4, -0.2) is 40.7 Å². The van der Waals surface area contributed by atoms with E-state index in [-0.39, 0.29) is 47.8 Å². The number of rotatable bonds is 12. The third-order valence-corrected chi connectivity index (χ3v) is 10.9. The number of alkyl halides is 2. The molecule has 1 N–H and O–H groups in total. The number of benzene rings is 2. The Labute approximate surface area is 251 Å². The first kappa shape index (κ1) is 32.8. The number of carbonyl (C=O) groups is 2. The molecule has 1 aliphatic carbocycles. The normalized spacial score (nSPS) is 19.9. The molecule has 1 saturated carbocycles. The third-order valence-electron chi connectivity index (χ3n) is 7.90. The molecule has 0 aromatic heterocycles. The van der Waals surface area contributed by atoms with E-state index in [9.17, 15) is 33.9 Å². The van der Waals surface area contributed by atoms with Gasteiger partial charge in [0.25, 0.3) is 11.2 Å². The first-order chi connectivity index (χ1) is 20.0. The van der Waals surface area contributed by atoms with Crippen LogP contribution in [0, 0.1) is 18.8 Å². The van der Waals surface area contributed by atoms with Crippen LogP contribution in [0.1, 0.15) is 58.9 Å². The molecule has 0 spiro atoms. The summed E-state index contributed by atoms with van der Waals surface area (Å²) in [5.74, 6) is -0.754. The van der Waals surface area contributed by atoms with Gasteiger partial charge in [-0.2, -0.15) is 8.78 Å². The summed E-state index contributed by atoms with van der Waals surface area (Å²) in [5.41, 5.74) is 4.49. The second-order valence-electron chi connectivity index (χ2n) is 11.0. The Morgan fingerprint density at radius 1 is 1.14 bits per heavy atom. The highest BCUT2D eigenvalue weighted by Gasteiger charge is 2.61. The van der Waals surface area contributed by atoms with Crippen LogP contribution in [0.3, 0.4) is 0 Å². The molecular formula is C31H34F6N2O2S2. The fourth-order valence-corrected chi connectivity index (χ4v) is 6.91. The highest BCUT2D eigenvalue weighted by atomic mass is 32.5. The lowest BCUT2D eigenvalue weighted by Crippen LogP contribution is -2.37. The molecule has 1 aliphatic heterocycles. The Morgan fingerprint density at radius 3 is 2.49 bits per heavy atom. The van der Waals surface area contributed by atoms with Gasteiger partial charge < -0.3 is 10.2 Å². The van der Waals surface area contributed by atoms with Crippen molar-refractivity contribution >= 4 is 45.2 Å². The Morgan fingerprint density at radius 2 is 1.84 bits per heavy atom. The number of nitrogens with one attached hydrogen (secondary N) is 1. The van der Waals surface area contributed by atoms with E-state index in [1.54, 1.807) is 18.3 Å². The van der Waals surface area contributed by atoms with E-state index < -0.39 is 25.4 Å². The zero-order valence-corrected chi connectivity index (χ0v) is 25.5. The van der Waals surface area contributed by atoms with E-state index in [2.05, 4.69) is 17.6 Å². The summed E-state index contributed by atoms with van der Waals surface area (Å²) < 4.78 is 82.8. The van der Waals surface area contributed by atoms with Gasteiger partial charge in [-0.05, 0) is 61.9 Å². The molecule has 2 aliphatic rings. The number of Topliss-reactive ketones (excluding diaryl/α,β-unsaturated/α-hetero) is 1. The molecule has 1 amide bonds. The van der Waals surface area contributed by atoms with Crippen LogP contribution in [0.25, 0.3) is 11.9 Å². The van der Waals surface area contributed by atoms with E-state index in [1.807, 2.05) is 18.0 Å². The Balaban J connectivity index is 1.39. The second kappa shape index (κ2) is 11.4. The molecule has 12 heteroatoms. The van der Waals surface area contributed by atoms with Crippen LogP contribution < -0.4 is 15.8 Å². The van der Waals surface area contributed by atoms with E-state index in [0.717, 1.165) is 34.6 Å². The first-order valence-electron chi connectivity index (χ1n) is 13.9. The summed E-state index contributed by atoms with van der Waals surface area (Å²) in [6.07, 6.45) is 5.30. The lowest BCUT2D eigenvalue weighted by molar-refractivity contribution is 0.0917. The zero-order chi connectivity index (χ0) is 31.7. The molecule has 0 saturated heterocycles. The minimum Gasteiger partial charge on any atom is -0.351 e. The Kier molecular flexibility index (Phi) is 8.74. The largest absolute Gasteiger partial charge is 0.351 e. The molecular weight excluding hydrogens is 610 g/mol. The van der Waals surface area contributed by atoms with Crippen molar-refractivity contribution < 1.29 is 33.9 Å². The van der Waals surface area contributed by atoms with Crippen LogP contribution in [0.4, 0.5) is 24.3 Å². The summed E-state index contributed by atoms with van der Waals surface area (Å²) in [7, 11) is -8.57. The topological polar surface area (TPSA) is 49.4 Å². The van der Waals surface area contributed by atoms with Crippen molar-refractivity contribution in [1.82, 2.24) is 10.2 Å². The summed E-state index contributed by atoms with van der Waals surface area (Å²) in [5, 5.41) is 0.910. The fourth-order valence-electron chi connectivity index (χ4n) is 5.30. The lowest BCUT2D eigenvalue weighted by Gasteiger charge is -2.46. The van der Waals surface area contributed by atoms with Crippen molar-refractivity contribution in [3.63, 3.8) is 0 Å². The monoisotopic (exact) mass is 644 g/mol. The minimum absolute atomic E-state index is 0.0887. The molecule has 2 unspecified atom stereocenters. The van der Waals surface area contributed by atoms with Gasteiger partial charge in [-0.3, -0.25) is 9.59 Å². The van der Waals surface area contributed by atoms with Gasteiger partial charge in [0.05, 0.1) is 4.90 Å². The van der Waals surface area contributed by atoms with Gasteiger partial charge in [0.2, 0.25) is 9.84 Å². The minimum atomic E-state index is -8.57. The zero-order valence-electron chi connectivity index (χ0n) is 23.9. The molecule has 2 atom stereocenters. The van der Waals surface area contributed by atoms with Gasteiger partial charge in [-0.25, -0.2) is 0 Å². The Bertz CT molecular complexity index is 1600. The molecule has 0 radical (unpaired) electrons. The number of hydrogen-bond acceptors (Lipinski definition) is 4. The van der Waals surface area contributed by atoms with Crippen molar-refractivity contribution in [1.29, 1.82) is 0 Å². The average molecular weight is 645 g/mol. The van der Waals surface area contributed by atoms with Crippen LogP contribution in [0.2, 0.25) is 0 Å². The van der Waals surface area contributed by atoms with E-state index in [0.29, 0.717) is 48.8 Å². The average Bonchev–Trinajstić information content (AvgIpc) is 3.43. The van der Waals surface area contributed by atoms with Gasteiger partial charge in [0.1, 0.15) is 0 Å². The maximum absolute atomic E-state index is 14.0. The summed E-state index contributed by atoms with van der Waals surface area (Å²) in [6.45, 7) is 6.52. The first-order valence-corrected chi connectivity index (χ1v) is 17.0. The quantitative estimate of drug-likeness (QED) is 0.147. The molecule has 43 heavy (non-hydrogen) atoms. The number of halogens is 6. The maximum atomic E-state index is 14.0. The molecule has 4 nitrogen and oxygen atoms in total. The van der Waals surface area contributed by atoms with E-state index in [1.165, 1.54) is 6.92 Å². The van der Waals surface area contributed by atoms with Crippen LogP contribution in [0.5, 0.6) is 0 Å². The molecule has 1 heterocycles. The number of carbonyl (C=O) groups excluding carboxylic acids is 2. The van der Waals surface area contributed by atoms with Gasteiger partial charge >= 0.3 is 0 Å². The van der Waals surface area contributed by atoms with Crippen molar-refractivity contribution in [2.75, 3.05) is 18.8 Å². The SMILES string of the molecule is C=CS(F)(F)(F)(F)c1ccc(C(=O)C2CCC(CN3C=C=c4ccc(C(=O)NCCSC(F)(F)CC)c(C)c4=C3)C2)cc1. The van der Waals surface area contributed by atoms with Crippen LogP contribution in [-0.2, 0) is 0 Å². The van der Waals surface area contributed by atoms with Crippen LogP contribution >= 0.6 is 21.6 Å². The van der Waals surface area contributed by atoms with Gasteiger partial charge in [0.15, 0.2) is 5.78 Å². The maximum Gasteiger partial charge on any atom is 0.293 e. The van der Waals surface area contributed by atoms with E-state index >= 15 is 0 Å². The van der Waals surface area contributed by atoms with Crippen molar-refractivity contribution in [2.24, 2.45) is 11.8 Å². The number of thioether (sulfide) groups is 1.